The van der Waals surface area contributed by atoms with Crippen LogP contribution >= 0.6 is 0 Å². The zero-order chi connectivity index (χ0) is 15.6. The summed E-state index contributed by atoms with van der Waals surface area (Å²) in [5.41, 5.74) is 0.779. The Morgan fingerprint density at radius 1 is 1.24 bits per heavy atom. The average molecular weight is 311 g/mol. The molecule has 0 radical (unpaired) electrons. The summed E-state index contributed by atoms with van der Waals surface area (Å²) in [6, 6.07) is 6.05. The first kappa shape index (κ1) is 16.0. The van der Waals surface area contributed by atoms with E-state index in [0.29, 0.717) is 18.0 Å². The van der Waals surface area contributed by atoms with E-state index in [1.54, 1.807) is 16.4 Å². The first-order chi connectivity index (χ1) is 9.79. The maximum atomic E-state index is 12.5. The molecular weight excluding hydrogens is 290 g/mol. The van der Waals surface area contributed by atoms with E-state index in [-0.39, 0.29) is 17.4 Å². The zero-order valence-corrected chi connectivity index (χ0v) is 13.1. The Kier molecular flexibility index (Phi) is 4.68. The van der Waals surface area contributed by atoms with Crippen molar-refractivity contribution in [2.75, 3.05) is 6.54 Å². The van der Waals surface area contributed by atoms with Crippen LogP contribution in [0.3, 0.4) is 0 Å². The average Bonchev–Trinajstić information content (AvgIpc) is 2.41. The number of hydrogen-bond donors (Lipinski definition) is 1. The highest BCUT2D eigenvalue weighted by Gasteiger charge is 2.32. The van der Waals surface area contributed by atoms with Gasteiger partial charge in [-0.1, -0.05) is 19.1 Å². The van der Waals surface area contributed by atoms with Gasteiger partial charge in [-0.3, -0.25) is 0 Å². The summed E-state index contributed by atoms with van der Waals surface area (Å²) in [5, 5.41) is 8.85. The maximum absolute atomic E-state index is 12.5. The Labute approximate surface area is 125 Å². The molecule has 2 rings (SSSR count). The van der Waals surface area contributed by atoms with Crippen LogP contribution in [-0.2, 0) is 15.8 Å². The number of carboxylic acid groups (broad SMARTS) is 1. The second-order valence-electron chi connectivity index (χ2n) is 5.86. The van der Waals surface area contributed by atoms with Crippen molar-refractivity contribution in [3.05, 3.63) is 35.4 Å². The van der Waals surface area contributed by atoms with Gasteiger partial charge < -0.3 is 5.11 Å². The second kappa shape index (κ2) is 6.15. The molecule has 1 aliphatic rings. The Bertz CT molecular complexity index is 609. The van der Waals surface area contributed by atoms with Crippen LogP contribution in [0.4, 0.5) is 0 Å². The quantitative estimate of drug-likeness (QED) is 0.926. The number of rotatable bonds is 4. The lowest BCUT2D eigenvalue weighted by Gasteiger charge is -2.35. The molecule has 1 fully saturated rings. The van der Waals surface area contributed by atoms with Crippen LogP contribution in [0.5, 0.6) is 0 Å². The van der Waals surface area contributed by atoms with E-state index in [2.05, 4.69) is 6.92 Å². The molecule has 1 aromatic rings. The van der Waals surface area contributed by atoms with Gasteiger partial charge in [-0.15, -0.1) is 0 Å². The minimum atomic E-state index is -3.37. The predicted octanol–water partition coefficient (Wildman–Crippen LogP) is 2.34. The molecule has 0 aromatic heterocycles. The Morgan fingerprint density at radius 3 is 2.43 bits per heavy atom. The summed E-state index contributed by atoms with van der Waals surface area (Å²) in [4.78, 5) is 10.8. The number of piperidine rings is 1. The van der Waals surface area contributed by atoms with Crippen LogP contribution < -0.4 is 0 Å². The molecule has 116 valence electrons. The molecule has 0 amide bonds. The van der Waals surface area contributed by atoms with Crippen LogP contribution in [0.1, 0.15) is 42.6 Å². The van der Waals surface area contributed by atoms with Crippen molar-refractivity contribution in [2.45, 2.75) is 38.5 Å². The molecule has 6 heteroatoms. The molecule has 1 N–H and O–H groups in total. The summed E-state index contributed by atoms with van der Waals surface area (Å²) in [5.74, 6) is -0.711. The van der Waals surface area contributed by atoms with E-state index >= 15 is 0 Å². The third-order valence-corrected chi connectivity index (χ3v) is 5.89. The minimum absolute atomic E-state index is 0.0319. The molecule has 2 atom stereocenters. The highest BCUT2D eigenvalue weighted by Crippen LogP contribution is 2.25. The summed E-state index contributed by atoms with van der Waals surface area (Å²) in [6.07, 6.45) is 1.94. The van der Waals surface area contributed by atoms with Crippen molar-refractivity contribution in [3.63, 3.8) is 0 Å². The van der Waals surface area contributed by atoms with Crippen molar-refractivity contribution in [3.8, 4) is 0 Å². The molecular formula is C15H21NO4S. The summed E-state index contributed by atoms with van der Waals surface area (Å²) in [7, 11) is -3.37. The summed E-state index contributed by atoms with van der Waals surface area (Å²) < 4.78 is 26.7. The number of carbonyl (C=O) groups is 1. The number of benzene rings is 1. The van der Waals surface area contributed by atoms with Gasteiger partial charge in [0.05, 0.1) is 11.3 Å². The summed E-state index contributed by atoms with van der Waals surface area (Å²) >= 11 is 0. The fraction of sp³-hybridized carbons (Fsp3) is 0.533. The van der Waals surface area contributed by atoms with Crippen LogP contribution in [0.2, 0.25) is 0 Å². The lowest BCUT2D eigenvalue weighted by atomic mass is 9.97. The highest BCUT2D eigenvalue weighted by molar-refractivity contribution is 7.88. The number of hydrogen-bond acceptors (Lipinski definition) is 3. The standard InChI is InChI=1S/C15H21NO4S/c1-11-3-4-12(2)16(9-11)21(19,20)10-13-5-7-14(8-6-13)15(17)18/h5-8,11-12H,3-4,9-10H2,1-2H3,(H,17,18). The Balaban J connectivity index is 2.14. The second-order valence-corrected chi connectivity index (χ2v) is 7.78. The highest BCUT2D eigenvalue weighted by atomic mass is 32.2. The van der Waals surface area contributed by atoms with E-state index in [1.165, 1.54) is 12.1 Å². The van der Waals surface area contributed by atoms with E-state index < -0.39 is 16.0 Å². The van der Waals surface area contributed by atoms with Gasteiger partial charge in [-0.05, 0) is 43.4 Å². The molecule has 5 nitrogen and oxygen atoms in total. The summed E-state index contributed by atoms with van der Waals surface area (Å²) in [6.45, 7) is 4.57. The predicted molar refractivity (Wildman–Crippen MR) is 80.6 cm³/mol. The van der Waals surface area contributed by atoms with Gasteiger partial charge in [-0.2, -0.15) is 4.31 Å². The molecule has 0 saturated carbocycles. The first-order valence-corrected chi connectivity index (χ1v) is 8.72. The fourth-order valence-corrected chi connectivity index (χ4v) is 4.59. The number of aromatic carboxylic acids is 1. The van der Waals surface area contributed by atoms with Crippen LogP contribution in [0.25, 0.3) is 0 Å². The van der Waals surface area contributed by atoms with Crippen molar-refractivity contribution in [1.29, 1.82) is 0 Å². The zero-order valence-electron chi connectivity index (χ0n) is 12.3. The van der Waals surface area contributed by atoms with Crippen molar-refractivity contribution in [1.82, 2.24) is 4.31 Å². The fourth-order valence-electron chi connectivity index (χ4n) is 2.67. The van der Waals surface area contributed by atoms with Gasteiger partial charge in [0.25, 0.3) is 0 Å². The third kappa shape index (κ3) is 3.83. The lowest BCUT2D eigenvalue weighted by Crippen LogP contribution is -2.45. The molecule has 1 aliphatic heterocycles. The smallest absolute Gasteiger partial charge is 0.335 e. The van der Waals surface area contributed by atoms with Crippen molar-refractivity contribution in [2.24, 2.45) is 5.92 Å². The van der Waals surface area contributed by atoms with Gasteiger partial charge in [-0.25, -0.2) is 13.2 Å². The van der Waals surface area contributed by atoms with Crippen molar-refractivity contribution < 1.29 is 18.3 Å². The van der Waals surface area contributed by atoms with Crippen LogP contribution in [-0.4, -0.2) is 36.4 Å². The molecule has 2 unspecified atom stereocenters. The van der Waals surface area contributed by atoms with Gasteiger partial charge in [0, 0.05) is 12.6 Å². The molecule has 1 aromatic carbocycles. The van der Waals surface area contributed by atoms with Gasteiger partial charge >= 0.3 is 5.97 Å². The Morgan fingerprint density at radius 2 is 1.86 bits per heavy atom. The normalized spacial score (nSPS) is 23.9. The SMILES string of the molecule is CC1CCC(C)N(S(=O)(=O)Cc2ccc(C(=O)O)cc2)C1. The van der Waals surface area contributed by atoms with Gasteiger partial charge in [0.1, 0.15) is 0 Å². The minimum Gasteiger partial charge on any atom is -0.478 e. The van der Waals surface area contributed by atoms with E-state index in [0.717, 1.165) is 12.8 Å². The Hall–Kier alpha value is -1.40. The largest absolute Gasteiger partial charge is 0.478 e. The molecule has 21 heavy (non-hydrogen) atoms. The number of sulfonamides is 1. The van der Waals surface area contributed by atoms with Crippen molar-refractivity contribution >= 4 is 16.0 Å². The van der Waals surface area contributed by atoms with E-state index in [4.69, 9.17) is 5.11 Å². The molecule has 0 spiro atoms. The molecule has 0 aliphatic carbocycles. The lowest BCUT2D eigenvalue weighted by molar-refractivity contribution is 0.0697. The van der Waals surface area contributed by atoms with Gasteiger partial charge in [0.15, 0.2) is 0 Å². The van der Waals surface area contributed by atoms with E-state index in [9.17, 15) is 13.2 Å². The number of nitrogens with zero attached hydrogens (tertiary/aromatic N) is 1. The number of carboxylic acids is 1. The topological polar surface area (TPSA) is 74.7 Å². The van der Waals surface area contributed by atoms with E-state index in [1.807, 2.05) is 6.92 Å². The monoisotopic (exact) mass is 311 g/mol. The first-order valence-electron chi connectivity index (χ1n) is 7.11. The molecule has 1 saturated heterocycles. The van der Waals surface area contributed by atoms with Crippen LogP contribution in [0, 0.1) is 5.92 Å². The maximum Gasteiger partial charge on any atom is 0.335 e. The third-order valence-electron chi connectivity index (χ3n) is 3.97. The molecule has 0 bridgehead atoms. The molecule has 1 heterocycles. The van der Waals surface area contributed by atoms with Gasteiger partial charge in [0.2, 0.25) is 10.0 Å². The van der Waals surface area contributed by atoms with Crippen LogP contribution in [0.15, 0.2) is 24.3 Å².